The first kappa shape index (κ1) is 83.5. The van der Waals surface area contributed by atoms with Crippen LogP contribution < -0.4 is 10.6 Å². The quantitative estimate of drug-likeness (QED) is 0.0264. The van der Waals surface area contributed by atoms with E-state index < -0.39 is 0 Å². The van der Waals surface area contributed by atoms with E-state index in [1.807, 2.05) is 7.05 Å². The molecular formula is C72H152N4O4. The lowest BCUT2D eigenvalue weighted by atomic mass is 10.0. The maximum absolute atomic E-state index is 10.7. The molecule has 6 N–H and O–H groups in total. The number of nitrogens with zero attached hydrogens (tertiary/aromatic N) is 2. The van der Waals surface area contributed by atoms with Crippen molar-refractivity contribution in [2.45, 2.75) is 386 Å². The second-order valence-electron chi connectivity index (χ2n) is 25.1. The van der Waals surface area contributed by atoms with E-state index in [0.717, 1.165) is 71.0 Å². The molecule has 80 heavy (non-hydrogen) atoms. The first-order valence-corrected chi connectivity index (χ1v) is 36.3. The second-order valence-corrected chi connectivity index (χ2v) is 25.1. The Kier molecular flexibility index (Phi) is 79.6. The molecule has 8 heteroatoms. The van der Waals surface area contributed by atoms with E-state index in [2.05, 4.69) is 61.8 Å². The molecule has 0 aliphatic carbocycles. The summed E-state index contributed by atoms with van der Waals surface area (Å²) in [5.41, 5.74) is 0. The van der Waals surface area contributed by atoms with Gasteiger partial charge in [-0.05, 0) is 85.3 Å². The van der Waals surface area contributed by atoms with Gasteiger partial charge in [0.15, 0.2) is 0 Å². The highest BCUT2D eigenvalue weighted by Gasteiger charge is 2.16. The zero-order chi connectivity index (χ0) is 59.1. The van der Waals surface area contributed by atoms with Gasteiger partial charge in [-0.25, -0.2) is 0 Å². The normalized spacial score (nSPS) is 12.6. The van der Waals surface area contributed by atoms with Crippen LogP contribution in [0, 0.1) is 0 Å². The number of aliphatic hydroxyl groups is 4. The summed E-state index contributed by atoms with van der Waals surface area (Å²) in [5, 5.41) is 45.7. The van der Waals surface area contributed by atoms with Gasteiger partial charge in [0, 0.05) is 19.6 Å². The van der Waals surface area contributed by atoms with E-state index in [-0.39, 0.29) is 18.3 Å². The van der Waals surface area contributed by atoms with E-state index >= 15 is 0 Å². The molecule has 0 aromatic rings. The van der Waals surface area contributed by atoms with Crippen molar-refractivity contribution in [3.8, 4) is 0 Å². The Morgan fingerprint density at radius 3 is 0.863 bits per heavy atom. The monoisotopic (exact) mass is 1140 g/mol. The number of unbranched alkanes of at least 4 members (excludes halogenated alkanes) is 44. The molecule has 0 saturated carbocycles. The molecule has 0 saturated heterocycles. The molecule has 3 atom stereocenters. The van der Waals surface area contributed by atoms with Crippen molar-refractivity contribution >= 4 is 0 Å². The van der Waals surface area contributed by atoms with Crippen LogP contribution in [0.4, 0.5) is 0 Å². The van der Waals surface area contributed by atoms with Gasteiger partial charge in [-0.3, -0.25) is 4.90 Å². The molecular weight excluding hydrogens is 985 g/mol. The average Bonchev–Trinajstić information content (AvgIpc) is 3.44. The molecule has 0 aliphatic heterocycles. The molecule has 0 rings (SSSR count). The maximum Gasteiger partial charge on any atom is 0.0719 e. The maximum atomic E-state index is 10.7. The van der Waals surface area contributed by atoms with Gasteiger partial charge in [0.2, 0.25) is 0 Å². The van der Waals surface area contributed by atoms with Gasteiger partial charge < -0.3 is 36.0 Å². The first-order chi connectivity index (χ1) is 39.2. The lowest BCUT2D eigenvalue weighted by Gasteiger charge is -2.27. The molecule has 0 radical (unpaired) electrons. The van der Waals surface area contributed by atoms with Gasteiger partial charge in [0.1, 0.15) is 0 Å². The predicted molar refractivity (Wildman–Crippen MR) is 359 cm³/mol. The van der Waals surface area contributed by atoms with Crippen LogP contribution in [0.2, 0.25) is 0 Å². The lowest BCUT2D eigenvalue weighted by molar-refractivity contribution is 0.0600. The minimum Gasteiger partial charge on any atom is -0.516 e. The van der Waals surface area contributed by atoms with E-state index in [4.69, 9.17) is 5.11 Å². The van der Waals surface area contributed by atoms with Crippen LogP contribution in [0.15, 0.2) is 12.8 Å². The largest absolute Gasteiger partial charge is 0.516 e. The van der Waals surface area contributed by atoms with Crippen LogP contribution in [-0.4, -0.2) is 115 Å². The number of aliphatic hydroxyl groups excluding tert-OH is 4. The van der Waals surface area contributed by atoms with Gasteiger partial charge >= 0.3 is 0 Å². The molecule has 484 valence electrons. The Morgan fingerprint density at radius 1 is 0.338 bits per heavy atom. The van der Waals surface area contributed by atoms with Crippen molar-refractivity contribution in [1.82, 2.24) is 20.4 Å². The van der Waals surface area contributed by atoms with Gasteiger partial charge in [-0.2, -0.15) is 0 Å². The van der Waals surface area contributed by atoms with Crippen LogP contribution in [0.3, 0.4) is 0 Å². The SMILES string of the molecule is C=CO.CCCCCCCCCCCCCCC(O)CN(CCCNC)CC(O)CCCCCCCCCCCCCC.CCCCCCCCCCCCCCC(O)CNCCCN(C)CCCCCCCCCCCCCC. The smallest absolute Gasteiger partial charge is 0.0719 e. The molecule has 8 nitrogen and oxygen atoms in total. The van der Waals surface area contributed by atoms with Crippen molar-refractivity contribution in [3.05, 3.63) is 12.8 Å². The van der Waals surface area contributed by atoms with Crippen LogP contribution >= 0.6 is 0 Å². The number of nitrogens with one attached hydrogen (secondary N) is 2. The standard InChI is InChI=1S/C36H76N2O2.C34H72N2O.C2H4O/c1-4-6-8-10-12-14-16-18-20-22-24-26-29-35(39)33-38(32-28-31-37-3)34-36(40)30-27-25-23-21-19-17-15-13-11-9-7-5-2;1-4-6-8-10-12-14-16-18-20-22-24-26-29-34(37)33-35-30-28-32-36(3)31-27-25-23-21-19-17-15-13-11-9-7-5-2;1-2-3/h35-37,39-40H,4-34H2,1-3H3;34-35,37H,4-33H2,1-3H3;2-3H,1H2. The Labute approximate surface area is 504 Å². The zero-order valence-electron chi connectivity index (χ0n) is 55.8. The van der Waals surface area contributed by atoms with Crippen LogP contribution in [0.25, 0.3) is 0 Å². The van der Waals surface area contributed by atoms with Crippen molar-refractivity contribution in [2.75, 3.05) is 66.5 Å². The third-order valence-electron chi connectivity index (χ3n) is 16.7. The molecule has 0 bridgehead atoms. The van der Waals surface area contributed by atoms with E-state index in [1.165, 1.54) is 315 Å². The van der Waals surface area contributed by atoms with E-state index in [9.17, 15) is 15.3 Å². The minimum absolute atomic E-state index is 0.165. The summed E-state index contributed by atoms with van der Waals surface area (Å²) in [6, 6.07) is 0. The van der Waals surface area contributed by atoms with Crippen LogP contribution in [0.1, 0.15) is 368 Å². The number of hydrogen-bond donors (Lipinski definition) is 6. The summed E-state index contributed by atoms with van der Waals surface area (Å²) >= 11 is 0. The molecule has 0 amide bonds. The fourth-order valence-corrected chi connectivity index (χ4v) is 11.4. The molecule has 0 heterocycles. The fraction of sp³-hybridized carbons (Fsp3) is 0.972. The molecule has 0 aromatic heterocycles. The van der Waals surface area contributed by atoms with Crippen molar-refractivity contribution in [3.63, 3.8) is 0 Å². The van der Waals surface area contributed by atoms with Crippen LogP contribution in [0.5, 0.6) is 0 Å². The van der Waals surface area contributed by atoms with Crippen LogP contribution in [-0.2, 0) is 0 Å². The average molecular weight is 1140 g/mol. The summed E-state index contributed by atoms with van der Waals surface area (Å²) in [7, 11) is 4.26. The summed E-state index contributed by atoms with van der Waals surface area (Å²) in [5.74, 6) is 0. The molecule has 0 aromatic carbocycles. The third-order valence-corrected chi connectivity index (χ3v) is 16.7. The van der Waals surface area contributed by atoms with Gasteiger partial charge in [-0.1, -0.05) is 336 Å². The van der Waals surface area contributed by atoms with Gasteiger partial charge in [-0.15, -0.1) is 0 Å². The predicted octanol–water partition coefficient (Wildman–Crippen LogP) is 20.5. The molecule has 0 aliphatic rings. The highest BCUT2D eigenvalue weighted by atomic mass is 16.3. The molecule has 0 fully saturated rings. The lowest BCUT2D eigenvalue weighted by Crippen LogP contribution is -2.39. The van der Waals surface area contributed by atoms with E-state index in [0.29, 0.717) is 13.1 Å². The van der Waals surface area contributed by atoms with Gasteiger partial charge in [0.25, 0.3) is 0 Å². The number of hydrogen-bond acceptors (Lipinski definition) is 8. The fourth-order valence-electron chi connectivity index (χ4n) is 11.4. The van der Waals surface area contributed by atoms with E-state index in [1.54, 1.807) is 0 Å². The zero-order valence-corrected chi connectivity index (χ0v) is 55.8. The van der Waals surface area contributed by atoms with Crippen molar-refractivity contribution in [2.24, 2.45) is 0 Å². The summed E-state index contributed by atoms with van der Waals surface area (Å²) in [6.45, 7) is 19.6. The summed E-state index contributed by atoms with van der Waals surface area (Å²) in [4.78, 5) is 4.80. The Hall–Kier alpha value is -0.740. The Morgan fingerprint density at radius 2 is 0.575 bits per heavy atom. The molecule has 3 unspecified atom stereocenters. The van der Waals surface area contributed by atoms with Crippen molar-refractivity contribution < 1.29 is 20.4 Å². The minimum atomic E-state index is -0.267. The highest BCUT2D eigenvalue weighted by Crippen LogP contribution is 2.18. The topological polar surface area (TPSA) is 111 Å². The Bertz CT molecular complexity index is 999. The van der Waals surface area contributed by atoms with Crippen molar-refractivity contribution in [1.29, 1.82) is 0 Å². The summed E-state index contributed by atoms with van der Waals surface area (Å²) < 4.78 is 0. The second kappa shape index (κ2) is 76.3. The third kappa shape index (κ3) is 77.3. The van der Waals surface area contributed by atoms with Gasteiger partial charge in [0.05, 0.1) is 24.6 Å². The molecule has 0 spiro atoms. The summed E-state index contributed by atoms with van der Waals surface area (Å²) in [6.07, 6.45) is 71.2. The highest BCUT2D eigenvalue weighted by molar-refractivity contribution is 4.71. The number of rotatable bonds is 66. The first-order valence-electron chi connectivity index (χ1n) is 36.3. The Balaban J connectivity index is -0.00000142.